The molecular weight excluding hydrogens is 342 g/mol. The molecule has 0 spiro atoms. The molecule has 0 atom stereocenters. The molecule has 6 nitrogen and oxygen atoms in total. The van der Waals surface area contributed by atoms with Gasteiger partial charge in [0.15, 0.2) is 11.5 Å². The highest BCUT2D eigenvalue weighted by Gasteiger charge is 2.15. The maximum absolute atomic E-state index is 9.91. The number of phenolic OH excluding ortho intramolecular Hbond substituents is 3. The number of nitrogen functional groups attached to an aromatic ring is 1. The number of nitrogens with zero attached hydrogens (tertiary/aromatic N) is 2. The second-order valence-corrected chi connectivity index (χ2v) is 6.37. The minimum atomic E-state index is -0.237. The third-order valence-corrected chi connectivity index (χ3v) is 4.41. The molecule has 1 heterocycles. The van der Waals surface area contributed by atoms with Crippen molar-refractivity contribution in [2.75, 3.05) is 5.73 Å². The summed E-state index contributed by atoms with van der Waals surface area (Å²) in [5.74, 6) is -0.248. The van der Waals surface area contributed by atoms with Gasteiger partial charge in [0, 0.05) is 16.8 Å². The molecule has 0 amide bonds. The highest BCUT2D eigenvalue weighted by molar-refractivity contribution is 5.88. The molecule has 0 saturated carbocycles. The van der Waals surface area contributed by atoms with Gasteiger partial charge in [-0.15, -0.1) is 0 Å². The first-order valence-electron chi connectivity index (χ1n) is 8.32. The van der Waals surface area contributed by atoms with E-state index in [2.05, 4.69) is 0 Å². The molecule has 4 rings (SSSR count). The van der Waals surface area contributed by atoms with Gasteiger partial charge >= 0.3 is 0 Å². The monoisotopic (exact) mass is 359 g/mol. The van der Waals surface area contributed by atoms with Crippen molar-refractivity contribution in [3.05, 3.63) is 60.2 Å². The van der Waals surface area contributed by atoms with Crippen molar-refractivity contribution in [3.8, 4) is 39.8 Å². The lowest BCUT2D eigenvalue weighted by molar-refractivity contribution is 0.404. The van der Waals surface area contributed by atoms with E-state index in [4.69, 9.17) is 15.7 Å². The molecule has 0 bridgehead atoms. The lowest BCUT2D eigenvalue weighted by atomic mass is 10.0. The number of hydrogen-bond donors (Lipinski definition) is 4. The van der Waals surface area contributed by atoms with Gasteiger partial charge in [-0.05, 0) is 67.1 Å². The SMILES string of the molecule is Cc1cc(-c2nc3cc(N)ccc3nc2-c2ccc(O)c(O)c2)ccc1O. The van der Waals surface area contributed by atoms with E-state index in [0.29, 0.717) is 39.2 Å². The summed E-state index contributed by atoms with van der Waals surface area (Å²) in [5, 5.41) is 29.4. The number of aryl methyl sites for hydroxylation is 1. The summed E-state index contributed by atoms with van der Waals surface area (Å²) >= 11 is 0. The van der Waals surface area contributed by atoms with Gasteiger partial charge in [-0.25, -0.2) is 9.97 Å². The van der Waals surface area contributed by atoms with E-state index in [1.54, 1.807) is 43.3 Å². The Hall–Kier alpha value is -3.80. The second kappa shape index (κ2) is 6.17. The number of hydrogen-bond acceptors (Lipinski definition) is 6. The first-order valence-corrected chi connectivity index (χ1v) is 8.32. The number of anilines is 1. The van der Waals surface area contributed by atoms with Gasteiger partial charge in [-0.3, -0.25) is 0 Å². The molecule has 3 aromatic carbocycles. The summed E-state index contributed by atoms with van der Waals surface area (Å²) in [6.07, 6.45) is 0. The zero-order valence-corrected chi connectivity index (χ0v) is 14.5. The number of aromatic nitrogens is 2. The Morgan fingerprint density at radius 1 is 0.667 bits per heavy atom. The molecule has 0 saturated heterocycles. The summed E-state index contributed by atoms with van der Waals surface area (Å²) < 4.78 is 0. The zero-order valence-electron chi connectivity index (χ0n) is 14.5. The number of aromatic hydroxyl groups is 3. The van der Waals surface area contributed by atoms with E-state index in [9.17, 15) is 15.3 Å². The van der Waals surface area contributed by atoms with Gasteiger partial charge in [0.1, 0.15) is 5.75 Å². The van der Waals surface area contributed by atoms with E-state index < -0.39 is 0 Å². The second-order valence-electron chi connectivity index (χ2n) is 6.37. The third kappa shape index (κ3) is 2.97. The fraction of sp³-hybridized carbons (Fsp3) is 0.0476. The molecule has 0 aliphatic heterocycles. The Balaban J connectivity index is 2.03. The molecule has 0 radical (unpaired) electrons. The minimum Gasteiger partial charge on any atom is -0.508 e. The Kier molecular flexibility index (Phi) is 3.81. The molecule has 5 N–H and O–H groups in total. The highest BCUT2D eigenvalue weighted by Crippen LogP contribution is 2.36. The Morgan fingerprint density at radius 3 is 1.96 bits per heavy atom. The quantitative estimate of drug-likeness (QED) is 0.318. The maximum Gasteiger partial charge on any atom is 0.158 e. The van der Waals surface area contributed by atoms with Crippen molar-refractivity contribution in [1.29, 1.82) is 0 Å². The molecule has 134 valence electrons. The van der Waals surface area contributed by atoms with Crippen LogP contribution in [0.2, 0.25) is 0 Å². The molecule has 0 aliphatic carbocycles. The lowest BCUT2D eigenvalue weighted by Gasteiger charge is -2.12. The molecule has 0 aliphatic rings. The van der Waals surface area contributed by atoms with Crippen LogP contribution in [0, 0.1) is 6.92 Å². The number of rotatable bonds is 2. The smallest absolute Gasteiger partial charge is 0.158 e. The van der Waals surface area contributed by atoms with E-state index in [1.807, 2.05) is 6.07 Å². The Bertz CT molecular complexity index is 1190. The van der Waals surface area contributed by atoms with Crippen LogP contribution in [0.1, 0.15) is 5.56 Å². The van der Waals surface area contributed by atoms with Gasteiger partial charge in [0.05, 0.1) is 22.4 Å². The lowest BCUT2D eigenvalue weighted by Crippen LogP contribution is -1.97. The minimum absolute atomic E-state index is 0.195. The van der Waals surface area contributed by atoms with Crippen molar-refractivity contribution >= 4 is 16.7 Å². The summed E-state index contributed by atoms with van der Waals surface area (Å²) in [7, 11) is 0. The van der Waals surface area contributed by atoms with Crippen LogP contribution in [0.5, 0.6) is 17.2 Å². The Labute approximate surface area is 155 Å². The van der Waals surface area contributed by atoms with Crippen molar-refractivity contribution in [1.82, 2.24) is 9.97 Å². The van der Waals surface area contributed by atoms with Crippen molar-refractivity contribution in [2.45, 2.75) is 6.92 Å². The van der Waals surface area contributed by atoms with Crippen LogP contribution in [-0.4, -0.2) is 25.3 Å². The van der Waals surface area contributed by atoms with Crippen molar-refractivity contribution in [2.24, 2.45) is 0 Å². The number of fused-ring (bicyclic) bond motifs is 1. The fourth-order valence-corrected chi connectivity index (χ4v) is 2.95. The van der Waals surface area contributed by atoms with Crippen LogP contribution in [0.15, 0.2) is 54.6 Å². The molecule has 6 heteroatoms. The van der Waals surface area contributed by atoms with Crippen molar-refractivity contribution < 1.29 is 15.3 Å². The fourth-order valence-electron chi connectivity index (χ4n) is 2.95. The third-order valence-electron chi connectivity index (χ3n) is 4.41. The molecule has 27 heavy (non-hydrogen) atoms. The topological polar surface area (TPSA) is 112 Å². The summed E-state index contributed by atoms with van der Waals surface area (Å²) in [6, 6.07) is 15.0. The normalized spacial score (nSPS) is 11.0. The number of phenols is 3. The largest absolute Gasteiger partial charge is 0.508 e. The van der Waals surface area contributed by atoms with Crippen LogP contribution in [-0.2, 0) is 0 Å². The Morgan fingerprint density at radius 2 is 1.30 bits per heavy atom. The van der Waals surface area contributed by atoms with Gasteiger partial charge in [-0.2, -0.15) is 0 Å². The van der Waals surface area contributed by atoms with Crippen LogP contribution < -0.4 is 5.73 Å². The average molecular weight is 359 g/mol. The molecule has 0 unspecified atom stereocenters. The van der Waals surface area contributed by atoms with Gasteiger partial charge < -0.3 is 21.1 Å². The predicted octanol–water partition coefficient (Wildman–Crippen LogP) is 3.97. The van der Waals surface area contributed by atoms with Gasteiger partial charge in [0.2, 0.25) is 0 Å². The van der Waals surface area contributed by atoms with Crippen LogP contribution in [0.4, 0.5) is 5.69 Å². The average Bonchev–Trinajstić information content (AvgIpc) is 2.65. The zero-order chi connectivity index (χ0) is 19.1. The summed E-state index contributed by atoms with van der Waals surface area (Å²) in [6.45, 7) is 1.80. The van der Waals surface area contributed by atoms with Gasteiger partial charge in [0.25, 0.3) is 0 Å². The predicted molar refractivity (Wildman–Crippen MR) is 105 cm³/mol. The van der Waals surface area contributed by atoms with Crippen molar-refractivity contribution in [3.63, 3.8) is 0 Å². The highest BCUT2D eigenvalue weighted by atomic mass is 16.3. The summed E-state index contributed by atoms with van der Waals surface area (Å²) in [4.78, 5) is 9.45. The van der Waals surface area contributed by atoms with Crippen LogP contribution >= 0.6 is 0 Å². The molecule has 4 aromatic rings. The van der Waals surface area contributed by atoms with Crippen LogP contribution in [0.3, 0.4) is 0 Å². The first-order chi connectivity index (χ1) is 12.9. The molecular formula is C21H17N3O3. The standard InChI is InChI=1S/C21H17N3O3/c1-11-8-12(2-6-17(11)25)20-21(13-3-7-18(26)19(27)9-13)23-15-5-4-14(22)10-16(15)24-20/h2-10,25-27H,22H2,1H3. The van der Waals surface area contributed by atoms with E-state index >= 15 is 0 Å². The van der Waals surface area contributed by atoms with E-state index in [0.717, 1.165) is 5.56 Å². The first kappa shape index (κ1) is 16.7. The maximum atomic E-state index is 9.91. The number of nitrogens with two attached hydrogens (primary N) is 1. The van der Waals surface area contributed by atoms with Crippen LogP contribution in [0.25, 0.3) is 33.5 Å². The number of benzene rings is 3. The van der Waals surface area contributed by atoms with E-state index in [1.165, 1.54) is 12.1 Å². The molecule has 0 fully saturated rings. The summed E-state index contributed by atoms with van der Waals surface area (Å²) in [5.41, 5.74) is 11.0. The van der Waals surface area contributed by atoms with Gasteiger partial charge in [-0.1, -0.05) is 0 Å². The molecule has 1 aromatic heterocycles. The van der Waals surface area contributed by atoms with E-state index in [-0.39, 0.29) is 17.2 Å².